The van der Waals surface area contributed by atoms with E-state index in [0.29, 0.717) is 19.1 Å². The maximum absolute atomic E-state index is 13.1. The summed E-state index contributed by atoms with van der Waals surface area (Å²) < 4.78 is 5.90. The van der Waals surface area contributed by atoms with Gasteiger partial charge in [-0.1, -0.05) is 54.6 Å². The van der Waals surface area contributed by atoms with Crippen molar-refractivity contribution in [3.63, 3.8) is 0 Å². The Balaban J connectivity index is 1.35. The van der Waals surface area contributed by atoms with Crippen LogP contribution in [0.5, 0.6) is 0 Å². The van der Waals surface area contributed by atoms with Crippen molar-refractivity contribution in [1.82, 2.24) is 9.80 Å². The SMILES string of the molecule is O=C(OCC1CN2CCC1CC2)N1CCc2ccccc2C1c1ccccc1. The van der Waals surface area contributed by atoms with Crippen molar-refractivity contribution in [2.45, 2.75) is 25.3 Å². The van der Waals surface area contributed by atoms with E-state index < -0.39 is 0 Å². The number of rotatable bonds is 3. The van der Waals surface area contributed by atoms with Gasteiger partial charge in [-0.3, -0.25) is 4.90 Å². The van der Waals surface area contributed by atoms with Gasteiger partial charge in [0, 0.05) is 19.0 Å². The van der Waals surface area contributed by atoms with Gasteiger partial charge in [0.2, 0.25) is 0 Å². The second-order valence-electron chi connectivity index (χ2n) is 8.43. The quantitative estimate of drug-likeness (QED) is 0.808. The first-order valence-electron chi connectivity index (χ1n) is 10.6. The zero-order valence-electron chi connectivity index (χ0n) is 16.3. The zero-order chi connectivity index (χ0) is 18.9. The van der Waals surface area contributed by atoms with Gasteiger partial charge in [0.25, 0.3) is 0 Å². The van der Waals surface area contributed by atoms with Crippen LogP contribution in [0, 0.1) is 11.8 Å². The van der Waals surface area contributed by atoms with Crippen LogP contribution in [0.15, 0.2) is 54.6 Å². The number of carbonyl (C=O) groups is 1. The van der Waals surface area contributed by atoms with Gasteiger partial charge >= 0.3 is 6.09 Å². The highest BCUT2D eigenvalue weighted by atomic mass is 16.6. The molecule has 0 spiro atoms. The van der Waals surface area contributed by atoms with E-state index in [9.17, 15) is 4.79 Å². The molecule has 2 atom stereocenters. The standard InChI is InChI=1S/C24H28N2O2/c27-24(28-17-21-16-25-13-10-18(21)11-14-25)26-15-12-19-6-4-5-9-22(19)23(26)20-7-2-1-3-8-20/h1-9,18,21,23H,10-17H2. The predicted octanol–water partition coefficient (Wildman–Crippen LogP) is 4.11. The second kappa shape index (κ2) is 7.59. The first kappa shape index (κ1) is 17.7. The number of nitrogens with zero attached hydrogens (tertiary/aromatic N) is 2. The van der Waals surface area contributed by atoms with Crippen LogP contribution in [0.3, 0.4) is 0 Å². The minimum atomic E-state index is -0.167. The van der Waals surface area contributed by atoms with E-state index in [0.717, 1.165) is 24.4 Å². The number of fused-ring (bicyclic) bond motifs is 4. The molecule has 2 unspecified atom stereocenters. The molecule has 2 aromatic rings. The zero-order valence-corrected chi connectivity index (χ0v) is 16.3. The third kappa shape index (κ3) is 3.30. The second-order valence-corrected chi connectivity index (χ2v) is 8.43. The smallest absolute Gasteiger partial charge is 0.410 e. The predicted molar refractivity (Wildman–Crippen MR) is 109 cm³/mol. The van der Waals surface area contributed by atoms with Crippen LogP contribution in [0.4, 0.5) is 4.79 Å². The van der Waals surface area contributed by atoms with E-state index in [1.54, 1.807) is 0 Å². The van der Waals surface area contributed by atoms with E-state index in [4.69, 9.17) is 4.74 Å². The average molecular weight is 377 g/mol. The molecular weight excluding hydrogens is 348 g/mol. The summed E-state index contributed by atoms with van der Waals surface area (Å²) in [5.41, 5.74) is 3.70. The summed E-state index contributed by atoms with van der Waals surface area (Å²) >= 11 is 0. The van der Waals surface area contributed by atoms with Crippen LogP contribution < -0.4 is 0 Å². The van der Waals surface area contributed by atoms with Gasteiger partial charge in [0.15, 0.2) is 0 Å². The highest BCUT2D eigenvalue weighted by Crippen LogP contribution is 2.36. The Labute approximate surface area is 167 Å². The average Bonchev–Trinajstić information content (AvgIpc) is 2.78. The van der Waals surface area contributed by atoms with Gasteiger partial charge in [-0.05, 0) is 55.0 Å². The molecule has 4 nitrogen and oxygen atoms in total. The van der Waals surface area contributed by atoms with Crippen molar-refractivity contribution in [2.24, 2.45) is 11.8 Å². The molecule has 4 aliphatic rings. The minimum absolute atomic E-state index is 0.0646. The van der Waals surface area contributed by atoms with Gasteiger partial charge in [-0.15, -0.1) is 0 Å². The molecule has 4 heterocycles. The molecule has 0 aromatic heterocycles. The first-order chi connectivity index (χ1) is 13.8. The number of ether oxygens (including phenoxy) is 1. The number of hydrogen-bond acceptors (Lipinski definition) is 3. The van der Waals surface area contributed by atoms with E-state index >= 15 is 0 Å². The normalized spacial score (nSPS) is 28.6. The molecule has 0 radical (unpaired) electrons. The van der Waals surface area contributed by atoms with Gasteiger partial charge in [-0.25, -0.2) is 4.79 Å². The number of amides is 1. The van der Waals surface area contributed by atoms with E-state index in [2.05, 4.69) is 41.3 Å². The molecule has 4 heteroatoms. The number of carbonyl (C=O) groups excluding carboxylic acids is 1. The van der Waals surface area contributed by atoms with E-state index in [1.165, 1.54) is 37.1 Å². The Kier molecular flexibility index (Phi) is 4.81. The third-order valence-electron chi connectivity index (χ3n) is 6.85. The fourth-order valence-electron chi connectivity index (χ4n) is 5.30. The van der Waals surface area contributed by atoms with E-state index in [-0.39, 0.29) is 12.1 Å². The topological polar surface area (TPSA) is 32.8 Å². The maximum Gasteiger partial charge on any atom is 0.410 e. The van der Waals surface area contributed by atoms with Gasteiger partial charge in [-0.2, -0.15) is 0 Å². The minimum Gasteiger partial charge on any atom is -0.449 e. The van der Waals surface area contributed by atoms with Crippen LogP contribution in [0.25, 0.3) is 0 Å². The molecule has 2 aromatic carbocycles. The number of benzene rings is 2. The molecule has 3 saturated heterocycles. The van der Waals surface area contributed by atoms with Crippen molar-refractivity contribution in [3.05, 3.63) is 71.3 Å². The molecule has 0 saturated carbocycles. The van der Waals surface area contributed by atoms with Crippen molar-refractivity contribution >= 4 is 6.09 Å². The summed E-state index contributed by atoms with van der Waals surface area (Å²) in [7, 11) is 0. The van der Waals surface area contributed by atoms with Gasteiger partial charge < -0.3 is 9.64 Å². The van der Waals surface area contributed by atoms with Gasteiger partial charge in [0.05, 0.1) is 12.6 Å². The van der Waals surface area contributed by atoms with Crippen LogP contribution in [0.2, 0.25) is 0 Å². The Bertz CT molecular complexity index is 830. The summed E-state index contributed by atoms with van der Waals surface area (Å²) in [4.78, 5) is 17.6. The highest BCUT2D eigenvalue weighted by molar-refractivity contribution is 5.70. The van der Waals surface area contributed by atoms with Crippen LogP contribution >= 0.6 is 0 Å². The lowest BCUT2D eigenvalue weighted by Crippen LogP contribution is -2.49. The van der Waals surface area contributed by atoms with E-state index in [1.807, 2.05) is 23.1 Å². The maximum atomic E-state index is 13.1. The molecule has 2 bridgehead atoms. The number of piperidine rings is 3. The summed E-state index contributed by atoms with van der Waals surface area (Å²) in [6.45, 7) is 4.78. The van der Waals surface area contributed by atoms with Gasteiger partial charge in [0.1, 0.15) is 0 Å². The lowest BCUT2D eigenvalue weighted by Gasteiger charge is -2.44. The molecule has 4 aliphatic heterocycles. The monoisotopic (exact) mass is 376 g/mol. The molecule has 6 rings (SSSR count). The lowest BCUT2D eigenvalue weighted by atomic mass is 9.79. The molecule has 0 aliphatic carbocycles. The largest absolute Gasteiger partial charge is 0.449 e. The Hall–Kier alpha value is -2.33. The van der Waals surface area contributed by atoms with Crippen molar-refractivity contribution in [3.8, 4) is 0 Å². The van der Waals surface area contributed by atoms with Crippen molar-refractivity contribution in [1.29, 1.82) is 0 Å². The Morgan fingerprint density at radius 3 is 2.46 bits per heavy atom. The molecule has 3 fully saturated rings. The lowest BCUT2D eigenvalue weighted by molar-refractivity contribution is 0.00242. The molecular formula is C24H28N2O2. The highest BCUT2D eigenvalue weighted by Gasteiger charge is 2.37. The molecule has 28 heavy (non-hydrogen) atoms. The first-order valence-corrected chi connectivity index (χ1v) is 10.6. The Morgan fingerprint density at radius 2 is 1.71 bits per heavy atom. The molecule has 1 amide bonds. The summed E-state index contributed by atoms with van der Waals surface area (Å²) in [5.74, 6) is 1.23. The van der Waals surface area contributed by atoms with Crippen molar-refractivity contribution < 1.29 is 9.53 Å². The fraction of sp³-hybridized carbons (Fsp3) is 0.458. The summed E-state index contributed by atoms with van der Waals surface area (Å²) in [6, 6.07) is 18.8. The third-order valence-corrected chi connectivity index (χ3v) is 6.85. The van der Waals surface area contributed by atoms with Crippen LogP contribution in [-0.4, -0.2) is 48.7 Å². The molecule has 146 valence electrons. The Morgan fingerprint density at radius 1 is 0.964 bits per heavy atom. The fourth-order valence-corrected chi connectivity index (χ4v) is 5.30. The summed E-state index contributed by atoms with van der Waals surface area (Å²) in [6.07, 6.45) is 3.23. The van der Waals surface area contributed by atoms with Crippen LogP contribution in [-0.2, 0) is 11.2 Å². The molecule has 0 N–H and O–H groups in total. The van der Waals surface area contributed by atoms with Crippen molar-refractivity contribution in [2.75, 3.05) is 32.8 Å². The number of hydrogen-bond donors (Lipinski definition) is 0. The van der Waals surface area contributed by atoms with Crippen LogP contribution in [0.1, 0.15) is 35.6 Å². The summed E-state index contributed by atoms with van der Waals surface area (Å²) in [5, 5.41) is 0.